The monoisotopic (exact) mass is 621 g/mol. The average molecular weight is 622 g/mol. The Balaban J connectivity index is 1.34. The van der Waals surface area contributed by atoms with E-state index in [4.69, 9.17) is 14.5 Å². The van der Waals surface area contributed by atoms with Gasteiger partial charge in [0.15, 0.2) is 0 Å². The highest BCUT2D eigenvalue weighted by molar-refractivity contribution is 5.68. The first-order valence-corrected chi connectivity index (χ1v) is 16.5. The minimum Gasteiger partial charge on any atom is -0.497 e. The van der Waals surface area contributed by atoms with Gasteiger partial charge in [0.2, 0.25) is 0 Å². The maximum absolute atomic E-state index is 6.09. The number of unbranched alkanes of at least 4 members (excludes halogenated alkanes) is 1. The normalized spacial score (nSPS) is 11.1. The molecule has 0 amide bonds. The largest absolute Gasteiger partial charge is 0.497 e. The lowest BCUT2D eigenvalue weighted by molar-refractivity contribution is 0.241. The Morgan fingerprint density at radius 2 is 1.15 bits per heavy atom. The minimum atomic E-state index is 0.553. The predicted octanol–water partition coefficient (Wildman–Crippen LogP) is 9.81. The summed E-state index contributed by atoms with van der Waals surface area (Å²) in [4.78, 5) is 7.87. The van der Waals surface area contributed by atoms with Crippen LogP contribution in [0.2, 0.25) is 0 Å². The summed E-state index contributed by atoms with van der Waals surface area (Å²) in [5, 5.41) is 0. The fourth-order valence-electron chi connectivity index (χ4n) is 5.90. The van der Waals surface area contributed by atoms with Gasteiger partial charge in [-0.1, -0.05) is 129 Å². The third kappa shape index (κ3) is 8.37. The molecule has 0 N–H and O–H groups in total. The van der Waals surface area contributed by atoms with Crippen LogP contribution in [-0.2, 0) is 32.8 Å². The van der Waals surface area contributed by atoms with E-state index in [-0.39, 0.29) is 0 Å². The molecule has 6 aromatic rings. The number of nitrogens with zero attached hydrogens (tertiary/aromatic N) is 3. The van der Waals surface area contributed by atoms with Gasteiger partial charge in [-0.15, -0.1) is 0 Å². The van der Waals surface area contributed by atoms with Crippen molar-refractivity contribution >= 4 is 0 Å². The molecular formula is C42H43N3O2. The molecular weight excluding hydrogens is 578 g/mol. The van der Waals surface area contributed by atoms with Crippen molar-refractivity contribution in [1.82, 2.24) is 14.5 Å². The van der Waals surface area contributed by atoms with Crippen LogP contribution in [-0.4, -0.2) is 21.6 Å². The fraction of sp³-hybridized carbons (Fsp3) is 0.214. The summed E-state index contributed by atoms with van der Waals surface area (Å²) in [6, 6.07) is 48.4. The van der Waals surface area contributed by atoms with E-state index in [9.17, 15) is 0 Å². The van der Waals surface area contributed by atoms with Crippen molar-refractivity contribution in [2.24, 2.45) is 0 Å². The summed E-state index contributed by atoms with van der Waals surface area (Å²) in [5.41, 5.74) is 8.18. The number of rotatable bonds is 15. The smallest absolute Gasteiger partial charge is 0.140 e. The first kappa shape index (κ1) is 31.8. The first-order valence-electron chi connectivity index (χ1n) is 16.5. The summed E-state index contributed by atoms with van der Waals surface area (Å²) < 4.78 is 14.0. The van der Waals surface area contributed by atoms with Gasteiger partial charge in [0, 0.05) is 37.3 Å². The maximum Gasteiger partial charge on any atom is 0.140 e. The van der Waals surface area contributed by atoms with E-state index in [0.717, 1.165) is 78.7 Å². The van der Waals surface area contributed by atoms with E-state index in [1.54, 1.807) is 7.11 Å². The van der Waals surface area contributed by atoms with Crippen molar-refractivity contribution in [2.45, 2.75) is 52.6 Å². The molecule has 0 atom stereocenters. The second kappa shape index (κ2) is 15.9. The Bertz CT molecular complexity index is 1800. The van der Waals surface area contributed by atoms with E-state index in [1.165, 1.54) is 16.8 Å². The zero-order valence-electron chi connectivity index (χ0n) is 27.4. The van der Waals surface area contributed by atoms with Crippen LogP contribution < -0.4 is 9.47 Å². The molecule has 0 saturated carbocycles. The number of methoxy groups -OCH3 is 1. The van der Waals surface area contributed by atoms with Gasteiger partial charge in [-0.25, -0.2) is 4.98 Å². The van der Waals surface area contributed by atoms with Crippen LogP contribution in [0.4, 0.5) is 0 Å². The van der Waals surface area contributed by atoms with Gasteiger partial charge < -0.3 is 14.0 Å². The molecule has 1 heterocycles. The Morgan fingerprint density at radius 3 is 1.72 bits per heavy atom. The number of hydrogen-bond donors (Lipinski definition) is 0. The second-order valence-corrected chi connectivity index (χ2v) is 11.9. The summed E-state index contributed by atoms with van der Waals surface area (Å²) >= 11 is 0. The Morgan fingerprint density at radius 1 is 0.596 bits per heavy atom. The highest BCUT2D eigenvalue weighted by Gasteiger charge is 2.22. The lowest BCUT2D eigenvalue weighted by Gasteiger charge is -2.25. The molecule has 0 saturated heterocycles. The topological polar surface area (TPSA) is 39.5 Å². The van der Waals surface area contributed by atoms with Crippen LogP contribution in [0.5, 0.6) is 11.5 Å². The van der Waals surface area contributed by atoms with Crippen LogP contribution in [0.25, 0.3) is 22.6 Å². The van der Waals surface area contributed by atoms with Gasteiger partial charge in [-0.3, -0.25) is 4.90 Å². The van der Waals surface area contributed by atoms with Crippen molar-refractivity contribution in [3.63, 3.8) is 0 Å². The van der Waals surface area contributed by atoms with Crippen LogP contribution in [0.15, 0.2) is 140 Å². The molecule has 0 aliphatic rings. The number of imidazole rings is 1. The van der Waals surface area contributed by atoms with Crippen LogP contribution >= 0.6 is 0 Å². The average Bonchev–Trinajstić information content (AvgIpc) is 3.49. The molecule has 0 fully saturated rings. The Labute approximate surface area is 279 Å². The molecule has 5 heteroatoms. The zero-order chi connectivity index (χ0) is 32.3. The molecule has 0 spiro atoms. The maximum atomic E-state index is 6.09. The van der Waals surface area contributed by atoms with E-state index in [0.29, 0.717) is 6.61 Å². The number of aromatic nitrogens is 2. The number of ether oxygens (including phenoxy) is 2. The quantitative estimate of drug-likeness (QED) is 0.114. The minimum absolute atomic E-state index is 0.553. The van der Waals surface area contributed by atoms with E-state index in [1.807, 2.05) is 30.3 Å². The molecule has 6 rings (SSSR count). The zero-order valence-corrected chi connectivity index (χ0v) is 27.4. The summed E-state index contributed by atoms with van der Waals surface area (Å²) in [7, 11) is 1.71. The molecule has 0 radical (unpaired) electrons. The van der Waals surface area contributed by atoms with Gasteiger partial charge in [0.25, 0.3) is 0 Å². The highest BCUT2D eigenvalue weighted by atomic mass is 16.5. The second-order valence-electron chi connectivity index (χ2n) is 11.9. The highest BCUT2D eigenvalue weighted by Crippen LogP contribution is 2.32. The van der Waals surface area contributed by atoms with Crippen molar-refractivity contribution in [3.05, 3.63) is 162 Å². The molecule has 0 bridgehead atoms. The van der Waals surface area contributed by atoms with Gasteiger partial charge in [-0.05, 0) is 47.4 Å². The summed E-state index contributed by atoms with van der Waals surface area (Å²) in [5.74, 6) is 2.76. The predicted molar refractivity (Wildman–Crippen MR) is 191 cm³/mol. The van der Waals surface area contributed by atoms with E-state index >= 15 is 0 Å². The Hall–Kier alpha value is -5.13. The van der Waals surface area contributed by atoms with Crippen molar-refractivity contribution < 1.29 is 9.47 Å². The standard InChI is InChI=1S/C42H43N3O2/c1-3-4-28-45-40(41(36-16-10-6-11-17-36)43-42(45)37-18-12-7-13-19-37)31-44(29-33-20-24-38(46-2)25-21-33)30-34-22-26-39(27-23-34)47-32-35-14-8-5-9-15-35/h5-27H,3-4,28-32H2,1-2H3. The lowest BCUT2D eigenvalue weighted by atomic mass is 10.1. The third-order valence-electron chi connectivity index (χ3n) is 8.40. The van der Waals surface area contributed by atoms with Crippen molar-refractivity contribution in [3.8, 4) is 34.1 Å². The molecule has 0 unspecified atom stereocenters. The van der Waals surface area contributed by atoms with Gasteiger partial charge in [-0.2, -0.15) is 0 Å². The SMILES string of the molecule is CCCCn1c(-c2ccccc2)nc(-c2ccccc2)c1CN(Cc1ccc(OC)cc1)Cc1ccc(OCc2ccccc2)cc1. The van der Waals surface area contributed by atoms with E-state index in [2.05, 4.69) is 126 Å². The van der Waals surface area contributed by atoms with E-state index < -0.39 is 0 Å². The molecule has 47 heavy (non-hydrogen) atoms. The van der Waals surface area contributed by atoms with Crippen molar-refractivity contribution in [1.29, 1.82) is 0 Å². The third-order valence-corrected chi connectivity index (χ3v) is 8.40. The summed E-state index contributed by atoms with van der Waals surface area (Å²) in [6.07, 6.45) is 2.20. The van der Waals surface area contributed by atoms with Gasteiger partial charge in [0.1, 0.15) is 23.9 Å². The fourth-order valence-corrected chi connectivity index (χ4v) is 5.90. The molecule has 5 nitrogen and oxygen atoms in total. The molecule has 1 aromatic heterocycles. The Kier molecular flexibility index (Phi) is 10.8. The van der Waals surface area contributed by atoms with Crippen LogP contribution in [0.3, 0.4) is 0 Å². The summed E-state index contributed by atoms with van der Waals surface area (Å²) in [6.45, 7) is 6.02. The lowest BCUT2D eigenvalue weighted by Crippen LogP contribution is -2.24. The first-order chi connectivity index (χ1) is 23.2. The number of benzene rings is 5. The molecule has 5 aromatic carbocycles. The molecule has 0 aliphatic heterocycles. The van der Waals surface area contributed by atoms with Gasteiger partial charge in [0.05, 0.1) is 18.5 Å². The molecule has 0 aliphatic carbocycles. The van der Waals surface area contributed by atoms with Crippen LogP contribution in [0.1, 0.15) is 42.1 Å². The van der Waals surface area contributed by atoms with Crippen molar-refractivity contribution in [2.75, 3.05) is 7.11 Å². The number of hydrogen-bond acceptors (Lipinski definition) is 4. The van der Waals surface area contributed by atoms with Crippen LogP contribution in [0, 0.1) is 0 Å². The van der Waals surface area contributed by atoms with Gasteiger partial charge >= 0.3 is 0 Å². The molecule has 238 valence electrons.